The molecule has 0 unspecified atom stereocenters. The number of halogens is 1. The van der Waals surface area contributed by atoms with Crippen LogP contribution in [0.3, 0.4) is 0 Å². The van der Waals surface area contributed by atoms with Crippen molar-refractivity contribution in [2.24, 2.45) is 0 Å². The molecule has 0 bridgehead atoms. The van der Waals surface area contributed by atoms with E-state index in [1.165, 1.54) is 47.5 Å². The SMILES string of the molecule is CN1C(=O)c2cc(NS(=O)(=O)c3ccccc3F)ccc2OC[C@H]2O[C@H](CC(=O)NC3Cc4ccccc4C3)CC[C@@H]21. The highest BCUT2D eigenvalue weighted by molar-refractivity contribution is 7.92. The van der Waals surface area contributed by atoms with E-state index in [9.17, 15) is 22.4 Å². The fourth-order valence-corrected chi connectivity index (χ4v) is 7.25. The van der Waals surface area contributed by atoms with Crippen LogP contribution in [0, 0.1) is 5.82 Å². The molecule has 1 fully saturated rings. The number of anilines is 1. The molecule has 11 heteroatoms. The van der Waals surface area contributed by atoms with E-state index in [0.29, 0.717) is 12.8 Å². The summed E-state index contributed by atoms with van der Waals surface area (Å²) in [5.74, 6) is -1.00. The van der Waals surface area contributed by atoms with Gasteiger partial charge in [-0.1, -0.05) is 36.4 Å². The van der Waals surface area contributed by atoms with Crippen LogP contribution < -0.4 is 14.8 Å². The van der Waals surface area contributed by atoms with Gasteiger partial charge in [-0.05, 0) is 67.1 Å². The number of ether oxygens (including phenoxy) is 2. The van der Waals surface area contributed by atoms with Gasteiger partial charge in [0.1, 0.15) is 29.2 Å². The van der Waals surface area contributed by atoms with E-state index in [1.54, 1.807) is 11.9 Å². The molecule has 2 aliphatic heterocycles. The average Bonchev–Trinajstić information content (AvgIpc) is 3.37. The molecule has 6 rings (SSSR count). The van der Waals surface area contributed by atoms with Crippen molar-refractivity contribution in [1.29, 1.82) is 0 Å². The van der Waals surface area contributed by atoms with Gasteiger partial charge in [0.25, 0.3) is 15.9 Å². The molecular formula is C31H32FN3O6S. The Hall–Kier alpha value is -3.96. The van der Waals surface area contributed by atoms with E-state index in [1.807, 2.05) is 12.1 Å². The van der Waals surface area contributed by atoms with Crippen LogP contribution in [-0.4, -0.2) is 63.1 Å². The molecule has 220 valence electrons. The first-order valence-corrected chi connectivity index (χ1v) is 15.5. The molecule has 3 aromatic rings. The summed E-state index contributed by atoms with van der Waals surface area (Å²) in [4.78, 5) is 27.5. The van der Waals surface area contributed by atoms with Crippen molar-refractivity contribution in [2.45, 2.75) is 61.3 Å². The van der Waals surface area contributed by atoms with Gasteiger partial charge in [-0.25, -0.2) is 12.8 Å². The third kappa shape index (κ3) is 5.71. The number of hydrogen-bond acceptors (Lipinski definition) is 6. The Bertz CT molecular complexity index is 1610. The Morgan fingerprint density at radius 2 is 1.74 bits per heavy atom. The van der Waals surface area contributed by atoms with Gasteiger partial charge >= 0.3 is 0 Å². The quantitative estimate of drug-likeness (QED) is 0.451. The van der Waals surface area contributed by atoms with Crippen LogP contribution in [0.1, 0.15) is 40.7 Å². The molecule has 2 N–H and O–H groups in total. The number of rotatable bonds is 6. The lowest BCUT2D eigenvalue weighted by atomic mass is 9.94. The van der Waals surface area contributed by atoms with E-state index in [2.05, 4.69) is 22.2 Å². The van der Waals surface area contributed by atoms with Crippen molar-refractivity contribution in [1.82, 2.24) is 10.2 Å². The second-order valence-electron chi connectivity index (χ2n) is 11.1. The summed E-state index contributed by atoms with van der Waals surface area (Å²) in [6, 6.07) is 17.4. The van der Waals surface area contributed by atoms with Gasteiger partial charge in [0.05, 0.1) is 24.1 Å². The zero-order chi connectivity index (χ0) is 29.4. The Morgan fingerprint density at radius 1 is 1.02 bits per heavy atom. The molecule has 0 spiro atoms. The van der Waals surface area contributed by atoms with Crippen molar-refractivity contribution in [3.8, 4) is 5.75 Å². The number of hydrogen-bond donors (Lipinski definition) is 2. The van der Waals surface area contributed by atoms with Crippen LogP contribution in [0.4, 0.5) is 10.1 Å². The number of amides is 2. The van der Waals surface area contributed by atoms with Gasteiger partial charge in [0.2, 0.25) is 5.91 Å². The van der Waals surface area contributed by atoms with Crippen molar-refractivity contribution < 1.29 is 31.9 Å². The first-order chi connectivity index (χ1) is 20.2. The van der Waals surface area contributed by atoms with E-state index >= 15 is 0 Å². The number of nitrogens with zero attached hydrogens (tertiary/aromatic N) is 1. The summed E-state index contributed by atoms with van der Waals surface area (Å²) in [5.41, 5.74) is 2.84. The first-order valence-electron chi connectivity index (χ1n) is 14.0. The number of benzene rings is 3. The summed E-state index contributed by atoms with van der Waals surface area (Å²) >= 11 is 0. The van der Waals surface area contributed by atoms with Crippen molar-refractivity contribution in [3.05, 3.63) is 89.2 Å². The summed E-state index contributed by atoms with van der Waals surface area (Å²) in [5, 5.41) is 3.15. The topological polar surface area (TPSA) is 114 Å². The third-order valence-corrected chi connectivity index (χ3v) is 9.63. The van der Waals surface area contributed by atoms with Crippen LogP contribution >= 0.6 is 0 Å². The smallest absolute Gasteiger partial charge is 0.264 e. The van der Waals surface area contributed by atoms with E-state index in [-0.39, 0.29) is 60.0 Å². The highest BCUT2D eigenvalue weighted by atomic mass is 32.2. The fourth-order valence-electron chi connectivity index (χ4n) is 6.12. The zero-order valence-corrected chi connectivity index (χ0v) is 23.9. The van der Waals surface area contributed by atoms with Gasteiger partial charge in [0.15, 0.2) is 0 Å². The summed E-state index contributed by atoms with van der Waals surface area (Å²) < 4.78 is 54.3. The highest BCUT2D eigenvalue weighted by Crippen LogP contribution is 2.33. The third-order valence-electron chi connectivity index (χ3n) is 8.22. The zero-order valence-electron chi connectivity index (χ0n) is 23.1. The molecule has 0 radical (unpaired) electrons. The van der Waals surface area contributed by atoms with E-state index in [0.717, 1.165) is 18.9 Å². The van der Waals surface area contributed by atoms with E-state index < -0.39 is 26.8 Å². The molecule has 2 heterocycles. The molecule has 3 aliphatic rings. The lowest BCUT2D eigenvalue weighted by Crippen LogP contribution is -2.54. The second-order valence-corrected chi connectivity index (χ2v) is 12.7. The van der Waals surface area contributed by atoms with Gasteiger partial charge in [0, 0.05) is 18.8 Å². The van der Waals surface area contributed by atoms with Gasteiger partial charge in [-0.3, -0.25) is 14.3 Å². The van der Waals surface area contributed by atoms with Gasteiger partial charge in [-0.2, -0.15) is 0 Å². The monoisotopic (exact) mass is 593 g/mol. The number of likely N-dealkylation sites (N-methyl/N-ethyl adjacent to an activating group) is 1. The standard InChI is InChI=1S/C31H32FN3O6S/c1-35-26-12-11-23(17-30(36)33-22-14-19-6-2-3-7-20(19)15-22)41-28(26)18-40-27-13-10-21(16-24(27)31(35)37)34-42(38,39)29-9-5-4-8-25(29)32/h2-10,13,16,22-23,26,28,34H,11-12,14-15,17-18H2,1H3,(H,33,36)/t23-,26-,28+/m0/s1. The predicted octanol–water partition coefficient (Wildman–Crippen LogP) is 3.68. The Morgan fingerprint density at radius 3 is 2.48 bits per heavy atom. The number of carbonyl (C=O) groups is 2. The molecule has 9 nitrogen and oxygen atoms in total. The van der Waals surface area contributed by atoms with Crippen LogP contribution in [0.25, 0.3) is 0 Å². The fraction of sp³-hybridized carbons (Fsp3) is 0.355. The van der Waals surface area contributed by atoms with Crippen LogP contribution in [0.15, 0.2) is 71.6 Å². The number of sulfonamides is 1. The normalized spacial score (nSPS) is 22.2. The van der Waals surface area contributed by atoms with Gasteiger partial charge in [-0.15, -0.1) is 0 Å². The molecule has 42 heavy (non-hydrogen) atoms. The van der Waals surface area contributed by atoms with E-state index in [4.69, 9.17) is 9.47 Å². The lowest BCUT2D eigenvalue weighted by molar-refractivity contribution is -0.134. The average molecular weight is 594 g/mol. The maximum Gasteiger partial charge on any atom is 0.264 e. The maximum atomic E-state index is 14.1. The van der Waals surface area contributed by atoms with Crippen molar-refractivity contribution >= 4 is 27.5 Å². The molecular weight excluding hydrogens is 561 g/mol. The lowest BCUT2D eigenvalue weighted by Gasteiger charge is -2.42. The summed E-state index contributed by atoms with van der Waals surface area (Å²) in [6.45, 7) is 0.158. The molecule has 0 aromatic heterocycles. The Kier molecular flexibility index (Phi) is 7.63. The van der Waals surface area contributed by atoms with Crippen LogP contribution in [0.2, 0.25) is 0 Å². The minimum absolute atomic E-state index is 0.0526. The maximum absolute atomic E-state index is 14.1. The Labute approximate surface area is 244 Å². The number of carbonyl (C=O) groups excluding carboxylic acids is 2. The minimum Gasteiger partial charge on any atom is -0.490 e. The molecule has 3 atom stereocenters. The van der Waals surface area contributed by atoms with Crippen LogP contribution in [0.5, 0.6) is 5.75 Å². The highest BCUT2D eigenvalue weighted by Gasteiger charge is 2.39. The van der Waals surface area contributed by atoms with Crippen molar-refractivity contribution in [2.75, 3.05) is 18.4 Å². The molecule has 1 aliphatic carbocycles. The predicted molar refractivity (Wildman–Crippen MR) is 153 cm³/mol. The van der Waals surface area contributed by atoms with Crippen LogP contribution in [-0.2, 0) is 32.4 Å². The molecule has 2 amide bonds. The number of fused-ring (bicyclic) bond motifs is 3. The molecule has 1 saturated heterocycles. The summed E-state index contributed by atoms with van der Waals surface area (Å²) in [7, 11) is -2.54. The molecule has 3 aromatic carbocycles. The summed E-state index contributed by atoms with van der Waals surface area (Å²) in [6.07, 6.45) is 2.37. The Balaban J connectivity index is 1.11. The largest absolute Gasteiger partial charge is 0.490 e. The molecule has 0 saturated carbocycles. The number of nitrogens with one attached hydrogen (secondary N) is 2. The first kappa shape index (κ1) is 28.2. The minimum atomic E-state index is -4.22. The second kappa shape index (κ2) is 11.4. The van der Waals surface area contributed by atoms with Gasteiger partial charge < -0.3 is 19.7 Å². The van der Waals surface area contributed by atoms with Crippen molar-refractivity contribution in [3.63, 3.8) is 0 Å².